The Morgan fingerprint density at radius 2 is 1.97 bits per heavy atom. The Kier molecular flexibility index (Phi) is 5.49. The van der Waals surface area contributed by atoms with Gasteiger partial charge in [-0.3, -0.25) is 9.62 Å². The summed E-state index contributed by atoms with van der Waals surface area (Å²) in [6, 6.07) is 9.77. The van der Waals surface area contributed by atoms with Gasteiger partial charge in [0, 0.05) is 29.5 Å². The van der Waals surface area contributed by atoms with Crippen LogP contribution < -0.4 is 14.2 Å². The average molecular weight is 531 g/mol. The zero-order valence-corrected chi connectivity index (χ0v) is 20.0. The molecule has 1 saturated carbocycles. The van der Waals surface area contributed by atoms with Crippen LogP contribution in [0, 0.1) is 11.6 Å². The van der Waals surface area contributed by atoms with Gasteiger partial charge in [0.1, 0.15) is 11.3 Å². The van der Waals surface area contributed by atoms with E-state index in [9.17, 15) is 13.2 Å². The SMILES string of the molecule is O=C1Oc2cc(Oc3cccnn3)c(F)cc2C2(COC2)N1Cc1cccc(NS(=O)(=O)C2CC2)c1F. The summed E-state index contributed by atoms with van der Waals surface area (Å²) in [6.45, 7) is -0.186. The third kappa shape index (κ3) is 4.13. The molecule has 10 nitrogen and oxygen atoms in total. The predicted molar refractivity (Wildman–Crippen MR) is 125 cm³/mol. The molecule has 3 heterocycles. The van der Waals surface area contributed by atoms with Gasteiger partial charge in [0.15, 0.2) is 17.4 Å². The summed E-state index contributed by atoms with van der Waals surface area (Å²) in [7, 11) is -3.69. The number of halogens is 2. The molecule has 0 atom stereocenters. The minimum atomic E-state index is -3.69. The quantitative estimate of drug-likeness (QED) is 0.491. The number of anilines is 1. The van der Waals surface area contributed by atoms with E-state index in [1.807, 2.05) is 0 Å². The maximum Gasteiger partial charge on any atom is 0.416 e. The summed E-state index contributed by atoms with van der Waals surface area (Å²) >= 11 is 0. The average Bonchev–Trinajstić information content (AvgIpc) is 3.69. The Labute approximate surface area is 210 Å². The first-order valence-electron chi connectivity index (χ1n) is 11.4. The van der Waals surface area contributed by atoms with Gasteiger partial charge in [0.25, 0.3) is 0 Å². The number of sulfonamides is 1. The molecule has 37 heavy (non-hydrogen) atoms. The summed E-state index contributed by atoms with van der Waals surface area (Å²) < 4.78 is 73.7. The van der Waals surface area contributed by atoms with Crippen molar-refractivity contribution in [1.82, 2.24) is 15.1 Å². The van der Waals surface area contributed by atoms with Gasteiger partial charge in [0.05, 0.1) is 30.7 Å². The van der Waals surface area contributed by atoms with Gasteiger partial charge < -0.3 is 14.2 Å². The number of hydrogen-bond donors (Lipinski definition) is 1. The van der Waals surface area contributed by atoms with Crippen molar-refractivity contribution in [3.63, 3.8) is 0 Å². The monoisotopic (exact) mass is 530 g/mol. The fourth-order valence-electron chi connectivity index (χ4n) is 4.37. The smallest absolute Gasteiger partial charge is 0.416 e. The molecule has 2 aliphatic heterocycles. The van der Waals surface area contributed by atoms with Gasteiger partial charge in [-0.05, 0) is 31.0 Å². The molecule has 3 aliphatic rings. The van der Waals surface area contributed by atoms with Crippen molar-refractivity contribution in [3.8, 4) is 17.4 Å². The molecule has 1 saturated heterocycles. The fourth-order valence-corrected chi connectivity index (χ4v) is 5.76. The molecule has 13 heteroatoms. The number of carbonyl (C=O) groups excluding carboxylic acids is 1. The number of hydrogen-bond acceptors (Lipinski definition) is 8. The lowest BCUT2D eigenvalue weighted by molar-refractivity contribution is -0.143. The van der Waals surface area contributed by atoms with Gasteiger partial charge in [-0.25, -0.2) is 22.0 Å². The number of benzene rings is 2. The molecule has 1 aromatic heterocycles. The third-order valence-electron chi connectivity index (χ3n) is 6.54. The molecule has 1 amide bonds. The van der Waals surface area contributed by atoms with Crippen molar-refractivity contribution < 1.29 is 36.2 Å². The predicted octanol–water partition coefficient (Wildman–Crippen LogP) is 3.69. The normalized spacial score (nSPS) is 18.1. The minimum Gasteiger partial charge on any atom is -0.434 e. The second-order valence-electron chi connectivity index (χ2n) is 9.05. The van der Waals surface area contributed by atoms with Gasteiger partial charge in [0.2, 0.25) is 15.9 Å². The minimum absolute atomic E-state index is 0.0362. The van der Waals surface area contributed by atoms with E-state index in [2.05, 4.69) is 14.9 Å². The second-order valence-corrected chi connectivity index (χ2v) is 11.0. The van der Waals surface area contributed by atoms with Crippen LogP contribution in [0.2, 0.25) is 0 Å². The van der Waals surface area contributed by atoms with Gasteiger partial charge in [-0.2, -0.15) is 5.10 Å². The van der Waals surface area contributed by atoms with Crippen LogP contribution in [-0.2, 0) is 26.8 Å². The van der Waals surface area contributed by atoms with Crippen molar-refractivity contribution in [3.05, 3.63) is 71.4 Å². The number of rotatable bonds is 7. The summed E-state index contributed by atoms with van der Waals surface area (Å²) in [5, 5.41) is 6.90. The maximum atomic E-state index is 15.3. The van der Waals surface area contributed by atoms with E-state index in [4.69, 9.17) is 14.2 Å². The number of amides is 1. The van der Waals surface area contributed by atoms with Crippen LogP contribution in [0.25, 0.3) is 0 Å². The van der Waals surface area contributed by atoms with E-state index in [0.29, 0.717) is 18.4 Å². The van der Waals surface area contributed by atoms with Crippen molar-refractivity contribution in [2.75, 3.05) is 17.9 Å². The molecule has 1 aliphatic carbocycles. The molecule has 3 aromatic rings. The summed E-state index contributed by atoms with van der Waals surface area (Å²) in [4.78, 5) is 14.4. The molecule has 2 fully saturated rings. The standard InChI is InChI=1S/C24H20F2N4O6S/c25-17-9-16-19(10-20(17)35-21-5-2-8-27-28-21)36-23(31)30(24(16)12-34-13-24)11-14-3-1-4-18(22(14)26)29-37(32,33)15-6-7-15/h1-5,8-10,15,29H,6-7,11-13H2. The van der Waals surface area contributed by atoms with Gasteiger partial charge >= 0.3 is 6.09 Å². The summed E-state index contributed by atoms with van der Waals surface area (Å²) in [5.74, 6) is -1.61. The van der Waals surface area contributed by atoms with E-state index in [-0.39, 0.29) is 48.4 Å². The summed E-state index contributed by atoms with van der Waals surface area (Å²) in [6.07, 6.45) is 1.70. The van der Waals surface area contributed by atoms with E-state index in [1.165, 1.54) is 47.5 Å². The number of ether oxygens (including phenoxy) is 3. The van der Waals surface area contributed by atoms with Crippen LogP contribution in [-0.4, -0.2) is 48.1 Å². The maximum absolute atomic E-state index is 15.3. The number of fused-ring (bicyclic) bond motifs is 2. The second kappa shape index (κ2) is 8.63. The zero-order chi connectivity index (χ0) is 25.8. The highest BCUT2D eigenvalue weighted by molar-refractivity contribution is 7.93. The van der Waals surface area contributed by atoms with Crippen LogP contribution >= 0.6 is 0 Å². The number of carbonyl (C=O) groups is 1. The van der Waals surface area contributed by atoms with Crippen LogP contribution in [0.5, 0.6) is 17.4 Å². The summed E-state index contributed by atoms with van der Waals surface area (Å²) in [5.41, 5.74) is -0.906. The van der Waals surface area contributed by atoms with Crippen molar-refractivity contribution in [2.45, 2.75) is 30.2 Å². The molecule has 0 unspecified atom stereocenters. The highest BCUT2D eigenvalue weighted by atomic mass is 32.2. The topological polar surface area (TPSA) is 120 Å². The first kappa shape index (κ1) is 23.6. The van der Waals surface area contributed by atoms with Gasteiger partial charge in [-0.1, -0.05) is 12.1 Å². The Morgan fingerprint density at radius 1 is 1.16 bits per heavy atom. The fraction of sp³-hybridized carbons (Fsp3) is 0.292. The lowest BCUT2D eigenvalue weighted by atomic mass is 9.84. The molecule has 0 radical (unpaired) electrons. The number of nitrogens with zero attached hydrogens (tertiary/aromatic N) is 3. The number of nitrogens with one attached hydrogen (secondary N) is 1. The molecule has 1 N–H and O–H groups in total. The Hall–Kier alpha value is -3.84. The van der Waals surface area contributed by atoms with E-state index < -0.39 is 38.5 Å². The van der Waals surface area contributed by atoms with Crippen LogP contribution in [0.4, 0.5) is 19.3 Å². The zero-order valence-electron chi connectivity index (χ0n) is 19.2. The van der Waals surface area contributed by atoms with Gasteiger partial charge in [-0.15, -0.1) is 5.10 Å². The molecule has 2 aromatic carbocycles. The highest BCUT2D eigenvalue weighted by Gasteiger charge is 2.54. The first-order chi connectivity index (χ1) is 17.8. The van der Waals surface area contributed by atoms with Crippen molar-refractivity contribution >= 4 is 21.8 Å². The molecule has 6 rings (SSSR count). The Bertz CT molecular complexity index is 1500. The van der Waals surface area contributed by atoms with Crippen molar-refractivity contribution in [1.29, 1.82) is 0 Å². The van der Waals surface area contributed by atoms with E-state index in [0.717, 1.165) is 0 Å². The molecular formula is C24H20F2N4O6S. The first-order valence-corrected chi connectivity index (χ1v) is 13.0. The molecule has 1 spiro atoms. The molecule has 192 valence electrons. The largest absolute Gasteiger partial charge is 0.434 e. The van der Waals surface area contributed by atoms with E-state index >= 15 is 8.78 Å². The lowest BCUT2D eigenvalue weighted by Gasteiger charge is -2.51. The highest BCUT2D eigenvalue weighted by Crippen LogP contribution is 2.47. The molecular weight excluding hydrogens is 510 g/mol. The Morgan fingerprint density at radius 3 is 2.65 bits per heavy atom. The van der Waals surface area contributed by atoms with Crippen LogP contribution in [0.3, 0.4) is 0 Å². The Balaban J connectivity index is 1.31. The third-order valence-corrected chi connectivity index (χ3v) is 8.39. The van der Waals surface area contributed by atoms with Crippen LogP contribution in [0.15, 0.2) is 48.7 Å². The van der Waals surface area contributed by atoms with Crippen LogP contribution in [0.1, 0.15) is 24.0 Å². The number of aromatic nitrogens is 2. The van der Waals surface area contributed by atoms with Crippen molar-refractivity contribution in [2.24, 2.45) is 0 Å². The lowest BCUT2D eigenvalue weighted by Crippen LogP contribution is -2.63. The molecule has 0 bridgehead atoms. The van der Waals surface area contributed by atoms with E-state index in [1.54, 1.807) is 6.07 Å².